The van der Waals surface area contributed by atoms with Crippen molar-refractivity contribution in [2.45, 2.75) is 37.9 Å². The first kappa shape index (κ1) is 13.6. The lowest BCUT2D eigenvalue weighted by atomic mass is 10.2. The summed E-state index contributed by atoms with van der Waals surface area (Å²) in [6.45, 7) is 7.06. The smallest absolute Gasteiger partial charge is 0.0681 e. The van der Waals surface area contributed by atoms with E-state index >= 15 is 0 Å². The van der Waals surface area contributed by atoms with Crippen LogP contribution in [0.15, 0.2) is 29.2 Å². The first-order valence-electron chi connectivity index (χ1n) is 5.48. The van der Waals surface area contributed by atoms with Crippen LogP contribution in [-0.4, -0.2) is 23.1 Å². The summed E-state index contributed by atoms with van der Waals surface area (Å²) in [5, 5.41) is 8.91. The topological polar surface area (TPSA) is 29.5 Å². The van der Waals surface area contributed by atoms with Crippen molar-refractivity contribution >= 4 is 11.8 Å². The molecule has 0 aliphatic heterocycles. The van der Waals surface area contributed by atoms with Gasteiger partial charge < -0.3 is 9.84 Å². The fourth-order valence-electron chi connectivity index (χ4n) is 1.20. The number of aliphatic hydroxyl groups is 1. The summed E-state index contributed by atoms with van der Waals surface area (Å²) >= 11 is 1.77. The Morgan fingerprint density at radius 2 is 1.81 bits per heavy atom. The van der Waals surface area contributed by atoms with Crippen molar-refractivity contribution in [1.82, 2.24) is 0 Å². The molecule has 0 radical (unpaired) electrons. The third-order valence-electron chi connectivity index (χ3n) is 1.99. The highest BCUT2D eigenvalue weighted by Crippen LogP contribution is 2.19. The summed E-state index contributed by atoms with van der Waals surface area (Å²) in [5.74, 6) is 0.954. The van der Waals surface area contributed by atoms with Gasteiger partial charge >= 0.3 is 0 Å². The monoisotopic (exact) mass is 240 g/mol. The second-order valence-electron chi connectivity index (χ2n) is 4.61. The Kier molecular flexibility index (Phi) is 5.32. The van der Waals surface area contributed by atoms with Crippen molar-refractivity contribution in [1.29, 1.82) is 0 Å². The molecule has 0 heterocycles. The Balaban J connectivity index is 2.27. The molecule has 0 bridgehead atoms. The van der Waals surface area contributed by atoms with Crippen LogP contribution < -0.4 is 0 Å². The molecule has 0 unspecified atom stereocenters. The lowest BCUT2D eigenvalue weighted by molar-refractivity contribution is 0.00695. The van der Waals surface area contributed by atoms with E-state index in [-0.39, 0.29) is 12.2 Å². The number of benzene rings is 1. The Morgan fingerprint density at radius 3 is 2.31 bits per heavy atom. The van der Waals surface area contributed by atoms with Gasteiger partial charge in [-0.25, -0.2) is 0 Å². The lowest BCUT2D eigenvalue weighted by Gasteiger charge is -2.19. The number of hydrogen-bond donors (Lipinski definition) is 1. The molecule has 2 nitrogen and oxygen atoms in total. The molecule has 1 N–H and O–H groups in total. The summed E-state index contributed by atoms with van der Waals surface area (Å²) in [7, 11) is 0. The zero-order valence-corrected chi connectivity index (χ0v) is 11.0. The van der Waals surface area contributed by atoms with Gasteiger partial charge in [-0.1, -0.05) is 12.1 Å². The first-order chi connectivity index (χ1) is 7.51. The molecule has 0 aliphatic rings. The van der Waals surface area contributed by atoms with E-state index in [1.807, 2.05) is 24.3 Å². The van der Waals surface area contributed by atoms with Gasteiger partial charge in [0.05, 0.1) is 18.8 Å². The average molecular weight is 240 g/mol. The quantitative estimate of drug-likeness (QED) is 0.633. The Hall–Kier alpha value is -0.510. The number of aliphatic hydroxyl groups excluding tert-OH is 1. The molecule has 90 valence electrons. The molecule has 3 heteroatoms. The second-order valence-corrected chi connectivity index (χ2v) is 5.78. The van der Waals surface area contributed by atoms with Gasteiger partial charge in [0.1, 0.15) is 0 Å². The highest BCUT2D eigenvalue weighted by Gasteiger charge is 2.08. The Morgan fingerprint density at radius 1 is 1.19 bits per heavy atom. The minimum atomic E-state index is -0.0543. The van der Waals surface area contributed by atoms with E-state index in [9.17, 15) is 0 Å². The maximum atomic E-state index is 8.91. The minimum Gasteiger partial charge on any atom is -0.392 e. The van der Waals surface area contributed by atoms with Crippen LogP contribution in [-0.2, 0) is 11.3 Å². The molecule has 0 fully saturated rings. The highest BCUT2D eigenvalue weighted by atomic mass is 32.2. The summed E-state index contributed by atoms with van der Waals surface area (Å²) < 4.78 is 5.64. The molecular formula is C13H20O2S. The third kappa shape index (κ3) is 5.54. The van der Waals surface area contributed by atoms with Crippen molar-refractivity contribution in [2.24, 2.45) is 0 Å². The van der Waals surface area contributed by atoms with Gasteiger partial charge in [0, 0.05) is 10.6 Å². The van der Waals surface area contributed by atoms with E-state index < -0.39 is 0 Å². The molecule has 0 atom stereocenters. The summed E-state index contributed by atoms with van der Waals surface area (Å²) in [5.41, 5.74) is 0.900. The van der Waals surface area contributed by atoms with Crippen LogP contribution in [0.4, 0.5) is 0 Å². The largest absolute Gasteiger partial charge is 0.392 e. The predicted octanol–water partition coefficient (Wildman–Crippen LogP) is 3.09. The zero-order chi connectivity index (χ0) is 12.0. The molecule has 1 aromatic carbocycles. The molecule has 0 spiro atoms. The Bertz CT molecular complexity index is 301. The lowest BCUT2D eigenvalue weighted by Crippen LogP contribution is -2.20. The summed E-state index contributed by atoms with van der Waals surface area (Å²) in [6.07, 6.45) is 0. The molecule has 0 saturated carbocycles. The van der Waals surface area contributed by atoms with Gasteiger partial charge in [0.15, 0.2) is 0 Å². The minimum absolute atomic E-state index is 0.0543. The molecule has 0 saturated heterocycles. The van der Waals surface area contributed by atoms with E-state index in [4.69, 9.17) is 9.84 Å². The number of hydrogen-bond acceptors (Lipinski definition) is 3. The van der Waals surface area contributed by atoms with Gasteiger partial charge in [0.25, 0.3) is 0 Å². The molecule has 1 rings (SSSR count). The molecular weight excluding hydrogens is 220 g/mol. The zero-order valence-electron chi connectivity index (χ0n) is 10.2. The van der Waals surface area contributed by atoms with Gasteiger partial charge in [-0.05, 0) is 38.5 Å². The van der Waals surface area contributed by atoms with Crippen molar-refractivity contribution in [2.75, 3.05) is 12.4 Å². The molecule has 0 amide bonds. The van der Waals surface area contributed by atoms with Crippen LogP contribution in [0.3, 0.4) is 0 Å². The molecule has 1 aromatic rings. The second kappa shape index (κ2) is 6.28. The van der Waals surface area contributed by atoms with Crippen molar-refractivity contribution < 1.29 is 9.84 Å². The summed E-state index contributed by atoms with van der Waals surface area (Å²) in [4.78, 5) is 1.22. The van der Waals surface area contributed by atoms with Crippen LogP contribution in [0.5, 0.6) is 0 Å². The first-order valence-corrected chi connectivity index (χ1v) is 6.46. The molecule has 0 aromatic heterocycles. The van der Waals surface area contributed by atoms with Gasteiger partial charge in [-0.3, -0.25) is 0 Å². The third-order valence-corrected chi connectivity index (χ3v) is 2.97. The van der Waals surface area contributed by atoms with Gasteiger partial charge in [-0.15, -0.1) is 11.8 Å². The van der Waals surface area contributed by atoms with E-state index in [0.29, 0.717) is 0 Å². The maximum Gasteiger partial charge on any atom is 0.0681 e. The van der Waals surface area contributed by atoms with Crippen LogP contribution in [0, 0.1) is 0 Å². The SMILES string of the molecule is CC(C)(C)OCCSc1ccc(CO)cc1. The standard InChI is InChI=1S/C13H20O2S/c1-13(2,3)15-8-9-16-12-6-4-11(10-14)5-7-12/h4-7,14H,8-10H2,1-3H3. The number of ether oxygens (including phenoxy) is 1. The number of rotatable bonds is 5. The fourth-order valence-corrected chi connectivity index (χ4v) is 1.93. The fraction of sp³-hybridized carbons (Fsp3) is 0.538. The van der Waals surface area contributed by atoms with Crippen LogP contribution >= 0.6 is 11.8 Å². The van der Waals surface area contributed by atoms with Gasteiger partial charge in [-0.2, -0.15) is 0 Å². The van der Waals surface area contributed by atoms with Crippen molar-refractivity contribution in [3.05, 3.63) is 29.8 Å². The Labute approximate surface area is 102 Å². The average Bonchev–Trinajstić information content (AvgIpc) is 2.24. The number of thioether (sulfide) groups is 1. The van der Waals surface area contributed by atoms with Crippen LogP contribution in [0.25, 0.3) is 0 Å². The van der Waals surface area contributed by atoms with Crippen LogP contribution in [0.2, 0.25) is 0 Å². The maximum absolute atomic E-state index is 8.91. The van der Waals surface area contributed by atoms with Crippen LogP contribution in [0.1, 0.15) is 26.3 Å². The molecule has 0 aliphatic carbocycles. The van der Waals surface area contributed by atoms with Crippen molar-refractivity contribution in [3.8, 4) is 0 Å². The van der Waals surface area contributed by atoms with E-state index in [0.717, 1.165) is 17.9 Å². The molecule has 16 heavy (non-hydrogen) atoms. The summed E-state index contributed by atoms with van der Waals surface area (Å²) in [6, 6.07) is 7.97. The van der Waals surface area contributed by atoms with E-state index in [1.165, 1.54) is 4.90 Å². The van der Waals surface area contributed by atoms with Crippen molar-refractivity contribution in [3.63, 3.8) is 0 Å². The van der Waals surface area contributed by atoms with Gasteiger partial charge in [0.2, 0.25) is 0 Å². The highest BCUT2D eigenvalue weighted by molar-refractivity contribution is 7.99. The van der Waals surface area contributed by atoms with E-state index in [2.05, 4.69) is 20.8 Å². The van der Waals surface area contributed by atoms with E-state index in [1.54, 1.807) is 11.8 Å². The predicted molar refractivity (Wildman–Crippen MR) is 68.8 cm³/mol. The normalized spacial score (nSPS) is 11.8.